The second-order valence-electron chi connectivity index (χ2n) is 9.30. The lowest BCUT2D eigenvalue weighted by molar-refractivity contribution is -0.128. The van der Waals surface area contributed by atoms with Crippen molar-refractivity contribution in [2.45, 2.75) is 37.5 Å². The number of aromatic nitrogens is 1. The van der Waals surface area contributed by atoms with E-state index in [0.29, 0.717) is 30.7 Å². The van der Waals surface area contributed by atoms with E-state index in [1.807, 2.05) is 54.6 Å². The molecule has 3 heterocycles. The molecule has 3 N–H and O–H groups in total. The number of H-pyrrole nitrogens is 1. The van der Waals surface area contributed by atoms with Gasteiger partial charge in [-0.3, -0.25) is 14.4 Å². The van der Waals surface area contributed by atoms with Crippen LogP contribution in [0.2, 0.25) is 0 Å². The van der Waals surface area contributed by atoms with Crippen LogP contribution in [0.15, 0.2) is 60.7 Å². The van der Waals surface area contributed by atoms with E-state index >= 15 is 0 Å². The summed E-state index contributed by atoms with van der Waals surface area (Å²) in [5, 5.41) is 6.40. The second-order valence-corrected chi connectivity index (χ2v) is 9.30. The highest BCUT2D eigenvalue weighted by Gasteiger charge is 2.42. The van der Waals surface area contributed by atoms with Crippen LogP contribution in [0.3, 0.4) is 0 Å². The molecule has 0 spiro atoms. The number of aldehydes is 1. The highest BCUT2D eigenvalue weighted by molar-refractivity contribution is 6.00. The summed E-state index contributed by atoms with van der Waals surface area (Å²) in [6.07, 6.45) is 1.39. The van der Waals surface area contributed by atoms with E-state index < -0.39 is 24.1 Å². The highest BCUT2D eigenvalue weighted by atomic mass is 16.5. The topological polar surface area (TPSA) is 121 Å². The SMILES string of the molecule is O=C[C@H](C[C@@H]1CCNC1=O)NC(=O)[C@@H]1C[C@H](Oc2ccccc2)CN1C(=O)c1cc2ccccc2[nH]1. The van der Waals surface area contributed by atoms with Crippen molar-refractivity contribution >= 4 is 34.9 Å². The molecule has 9 heteroatoms. The zero-order chi connectivity index (χ0) is 25.1. The molecule has 2 aliphatic rings. The molecule has 0 radical (unpaired) electrons. The van der Waals surface area contributed by atoms with E-state index in [1.165, 1.54) is 4.90 Å². The van der Waals surface area contributed by atoms with E-state index in [4.69, 9.17) is 4.74 Å². The molecule has 9 nitrogen and oxygen atoms in total. The number of likely N-dealkylation sites (tertiary alicyclic amines) is 1. The number of nitrogens with zero attached hydrogens (tertiary/aromatic N) is 1. The molecule has 4 atom stereocenters. The third-order valence-corrected chi connectivity index (χ3v) is 6.83. The zero-order valence-corrected chi connectivity index (χ0v) is 19.7. The van der Waals surface area contributed by atoms with E-state index in [0.717, 1.165) is 10.9 Å². The lowest BCUT2D eigenvalue weighted by Crippen LogP contribution is -2.49. The summed E-state index contributed by atoms with van der Waals surface area (Å²) in [7, 11) is 0. The molecule has 2 fully saturated rings. The van der Waals surface area contributed by atoms with Gasteiger partial charge in [0.05, 0.1) is 12.6 Å². The van der Waals surface area contributed by atoms with Gasteiger partial charge in [-0.1, -0.05) is 36.4 Å². The normalized spacial score (nSPS) is 22.3. The third kappa shape index (κ3) is 4.95. The molecule has 0 unspecified atom stereocenters. The Morgan fingerprint density at radius 2 is 1.92 bits per heavy atom. The molecular formula is C27H28N4O5. The molecule has 2 saturated heterocycles. The Labute approximate surface area is 208 Å². The molecular weight excluding hydrogens is 460 g/mol. The summed E-state index contributed by atoms with van der Waals surface area (Å²) in [6, 6.07) is 16.9. The maximum Gasteiger partial charge on any atom is 0.271 e. The molecule has 2 aromatic carbocycles. The van der Waals surface area contributed by atoms with Crippen LogP contribution in [0.5, 0.6) is 5.75 Å². The minimum Gasteiger partial charge on any atom is -0.488 e. The highest BCUT2D eigenvalue weighted by Crippen LogP contribution is 2.26. The average Bonchev–Trinajstić information content (AvgIpc) is 3.62. The van der Waals surface area contributed by atoms with Crippen molar-refractivity contribution in [3.05, 3.63) is 66.4 Å². The Hall–Kier alpha value is -4.14. The molecule has 0 saturated carbocycles. The lowest BCUT2D eigenvalue weighted by Gasteiger charge is -2.25. The number of fused-ring (bicyclic) bond motifs is 1. The van der Waals surface area contributed by atoms with Gasteiger partial charge in [0.25, 0.3) is 5.91 Å². The first-order valence-electron chi connectivity index (χ1n) is 12.2. The Morgan fingerprint density at radius 1 is 1.14 bits per heavy atom. The Bertz CT molecular complexity index is 1240. The van der Waals surface area contributed by atoms with Crippen molar-refractivity contribution in [3.63, 3.8) is 0 Å². The van der Waals surface area contributed by atoms with Crippen molar-refractivity contribution in [1.82, 2.24) is 20.5 Å². The van der Waals surface area contributed by atoms with E-state index in [9.17, 15) is 19.2 Å². The minimum absolute atomic E-state index is 0.107. The summed E-state index contributed by atoms with van der Waals surface area (Å²) in [6.45, 7) is 0.787. The number of nitrogens with one attached hydrogen (secondary N) is 3. The number of hydrogen-bond donors (Lipinski definition) is 3. The standard InChI is InChI=1S/C27H28N4O5/c32-16-19(12-18-10-11-28-25(18)33)29-26(34)24-14-21(36-20-7-2-1-3-8-20)15-31(24)27(35)23-13-17-6-4-5-9-22(17)30-23/h1-9,13,16,18-19,21,24,30H,10-12,14-15H2,(H,28,33)(H,29,34)/t18-,19-,21-,24-/m0/s1. The van der Waals surface area contributed by atoms with Crippen LogP contribution in [0.4, 0.5) is 0 Å². The Balaban J connectivity index is 1.35. The van der Waals surface area contributed by atoms with Crippen molar-refractivity contribution in [2.75, 3.05) is 13.1 Å². The van der Waals surface area contributed by atoms with E-state index in [-0.39, 0.29) is 37.1 Å². The Kier molecular flexibility index (Phi) is 6.71. The molecule has 36 heavy (non-hydrogen) atoms. The van der Waals surface area contributed by atoms with Crippen molar-refractivity contribution in [2.24, 2.45) is 5.92 Å². The lowest BCUT2D eigenvalue weighted by atomic mass is 9.98. The molecule has 3 aromatic rings. The predicted molar refractivity (Wildman–Crippen MR) is 132 cm³/mol. The van der Waals surface area contributed by atoms with E-state index in [2.05, 4.69) is 15.6 Å². The van der Waals surface area contributed by atoms with Crippen LogP contribution in [0.1, 0.15) is 29.8 Å². The molecule has 2 aliphatic heterocycles. The third-order valence-electron chi connectivity index (χ3n) is 6.83. The first kappa shape index (κ1) is 23.6. The Morgan fingerprint density at radius 3 is 2.64 bits per heavy atom. The van der Waals surface area contributed by atoms with Gasteiger partial charge in [0.2, 0.25) is 11.8 Å². The van der Waals surface area contributed by atoms with Gasteiger partial charge in [-0.05, 0) is 37.1 Å². The van der Waals surface area contributed by atoms with Gasteiger partial charge in [-0.15, -0.1) is 0 Å². The molecule has 186 valence electrons. The van der Waals surface area contributed by atoms with Crippen LogP contribution < -0.4 is 15.4 Å². The van der Waals surface area contributed by atoms with Gasteiger partial charge in [0.1, 0.15) is 29.9 Å². The maximum atomic E-state index is 13.5. The summed E-state index contributed by atoms with van der Waals surface area (Å²) in [4.78, 5) is 55.2. The fourth-order valence-corrected chi connectivity index (χ4v) is 4.99. The number of aromatic amines is 1. The monoisotopic (exact) mass is 488 g/mol. The number of benzene rings is 2. The van der Waals surface area contributed by atoms with Crippen molar-refractivity contribution < 1.29 is 23.9 Å². The molecule has 1 aromatic heterocycles. The molecule has 3 amide bonds. The van der Waals surface area contributed by atoms with Crippen LogP contribution in [0, 0.1) is 5.92 Å². The number of amides is 3. The minimum atomic E-state index is -0.822. The summed E-state index contributed by atoms with van der Waals surface area (Å²) < 4.78 is 6.08. The first-order valence-corrected chi connectivity index (χ1v) is 12.2. The van der Waals surface area contributed by atoms with Gasteiger partial charge >= 0.3 is 0 Å². The first-order chi connectivity index (χ1) is 17.5. The van der Waals surface area contributed by atoms with Gasteiger partial charge < -0.3 is 30.0 Å². The zero-order valence-electron chi connectivity index (χ0n) is 19.7. The number of ether oxygens (including phenoxy) is 1. The fourth-order valence-electron chi connectivity index (χ4n) is 4.99. The quantitative estimate of drug-likeness (QED) is 0.419. The molecule has 0 bridgehead atoms. The van der Waals surface area contributed by atoms with Crippen LogP contribution in [-0.2, 0) is 14.4 Å². The van der Waals surface area contributed by atoms with Gasteiger partial charge in [0, 0.05) is 29.8 Å². The number of para-hydroxylation sites is 2. The largest absolute Gasteiger partial charge is 0.488 e. The summed E-state index contributed by atoms with van der Waals surface area (Å²) in [5.41, 5.74) is 1.21. The fraction of sp³-hybridized carbons (Fsp3) is 0.333. The van der Waals surface area contributed by atoms with Crippen LogP contribution in [0.25, 0.3) is 10.9 Å². The number of carbonyl (C=O) groups is 4. The second kappa shape index (κ2) is 10.2. The number of carbonyl (C=O) groups excluding carboxylic acids is 4. The maximum absolute atomic E-state index is 13.5. The van der Waals surface area contributed by atoms with E-state index in [1.54, 1.807) is 6.07 Å². The predicted octanol–water partition coefficient (Wildman–Crippen LogP) is 2.04. The number of rotatable bonds is 8. The molecule has 0 aliphatic carbocycles. The van der Waals surface area contributed by atoms with Crippen LogP contribution in [-0.4, -0.2) is 65.2 Å². The van der Waals surface area contributed by atoms with Gasteiger partial charge in [-0.25, -0.2) is 0 Å². The summed E-state index contributed by atoms with van der Waals surface area (Å²) in [5.74, 6) is -0.525. The molecule has 5 rings (SSSR count). The van der Waals surface area contributed by atoms with Crippen molar-refractivity contribution in [3.8, 4) is 5.75 Å². The number of hydrogen-bond acceptors (Lipinski definition) is 5. The average molecular weight is 489 g/mol. The smallest absolute Gasteiger partial charge is 0.271 e. The van der Waals surface area contributed by atoms with Gasteiger partial charge in [0.15, 0.2) is 0 Å². The van der Waals surface area contributed by atoms with Gasteiger partial charge in [-0.2, -0.15) is 0 Å². The van der Waals surface area contributed by atoms with Crippen molar-refractivity contribution in [1.29, 1.82) is 0 Å². The van der Waals surface area contributed by atoms with Crippen LogP contribution >= 0.6 is 0 Å². The summed E-state index contributed by atoms with van der Waals surface area (Å²) >= 11 is 0.